The number of aliphatic hydroxyl groups excluding tert-OH is 1. The summed E-state index contributed by atoms with van der Waals surface area (Å²) < 4.78 is 17.2. The van der Waals surface area contributed by atoms with E-state index >= 15 is 0 Å². The van der Waals surface area contributed by atoms with Crippen molar-refractivity contribution < 1.29 is 19.3 Å². The third kappa shape index (κ3) is 7.84. The van der Waals surface area contributed by atoms with Gasteiger partial charge in [0.2, 0.25) is 0 Å². The number of hydrogen-bond acceptors (Lipinski definition) is 6. The number of nitrogens with zero attached hydrogens (tertiary/aromatic N) is 1. The minimum absolute atomic E-state index is 0. The first-order chi connectivity index (χ1) is 15.6. The molecule has 3 N–H and O–H groups in total. The second kappa shape index (κ2) is 13.9. The molecule has 0 amide bonds. The van der Waals surface area contributed by atoms with E-state index in [1.165, 1.54) is 31.2 Å². The third-order valence-electron chi connectivity index (χ3n) is 6.63. The number of methoxy groups -OCH3 is 1. The largest absolute Gasteiger partial charge is 0.493 e. The van der Waals surface area contributed by atoms with Crippen molar-refractivity contribution in [1.29, 1.82) is 0 Å². The number of β-amino-alcohol motifs (C(OH)–C–C–N with tert-alkyl or cyclic N) is 1. The van der Waals surface area contributed by atoms with E-state index in [0.29, 0.717) is 35.8 Å². The summed E-state index contributed by atoms with van der Waals surface area (Å²) in [7, 11) is 1.59. The van der Waals surface area contributed by atoms with Gasteiger partial charge < -0.3 is 30.0 Å². The molecule has 0 aromatic heterocycles. The molecule has 2 aromatic carbocycles. The van der Waals surface area contributed by atoms with E-state index in [9.17, 15) is 5.11 Å². The van der Waals surface area contributed by atoms with Crippen molar-refractivity contribution in [2.75, 3.05) is 39.1 Å². The lowest BCUT2D eigenvalue weighted by molar-refractivity contribution is 0.0586. The number of likely N-dealkylation sites (tertiary alicyclic amines) is 1. The van der Waals surface area contributed by atoms with E-state index < -0.39 is 6.10 Å². The lowest BCUT2D eigenvalue weighted by Gasteiger charge is -2.33. The maximum atomic E-state index is 10.5. The molecular weight excluding hydrogens is 475 g/mol. The quantitative estimate of drug-likeness (QED) is 0.457. The Morgan fingerprint density at radius 3 is 2.29 bits per heavy atom. The third-order valence-corrected chi connectivity index (χ3v) is 6.63. The Labute approximate surface area is 215 Å². The molecule has 0 spiro atoms. The summed E-state index contributed by atoms with van der Waals surface area (Å²) in [5, 5.41) is 10.5. The molecule has 1 aliphatic carbocycles. The van der Waals surface area contributed by atoms with Crippen LogP contribution >= 0.6 is 24.8 Å². The average molecular weight is 514 g/mol. The van der Waals surface area contributed by atoms with Crippen molar-refractivity contribution in [1.82, 2.24) is 4.90 Å². The van der Waals surface area contributed by atoms with Crippen LogP contribution in [0.4, 0.5) is 5.69 Å². The summed E-state index contributed by atoms with van der Waals surface area (Å²) in [6, 6.07) is 14.0. The zero-order valence-electron chi connectivity index (χ0n) is 19.9. The maximum Gasteiger partial charge on any atom is 0.163 e. The molecule has 2 aliphatic rings. The van der Waals surface area contributed by atoms with Crippen molar-refractivity contribution in [2.45, 2.75) is 56.7 Å². The average Bonchev–Trinajstić information content (AvgIpc) is 3.32. The molecule has 1 saturated heterocycles. The number of nitrogen functional groups attached to an aromatic ring is 1. The fourth-order valence-corrected chi connectivity index (χ4v) is 4.81. The summed E-state index contributed by atoms with van der Waals surface area (Å²) >= 11 is 0. The summed E-state index contributed by atoms with van der Waals surface area (Å²) in [5.41, 5.74) is 7.83. The zero-order valence-corrected chi connectivity index (χ0v) is 21.5. The van der Waals surface area contributed by atoms with Gasteiger partial charge in [0, 0.05) is 18.3 Å². The molecule has 2 aromatic rings. The number of halogens is 2. The fraction of sp³-hybridized carbons (Fsp3) is 0.538. The number of anilines is 1. The molecule has 2 fully saturated rings. The summed E-state index contributed by atoms with van der Waals surface area (Å²) in [4.78, 5) is 2.32. The zero-order chi connectivity index (χ0) is 22.3. The second-order valence-corrected chi connectivity index (χ2v) is 9.04. The molecule has 1 heterocycles. The van der Waals surface area contributed by atoms with Crippen LogP contribution in [-0.4, -0.2) is 55.6 Å². The van der Waals surface area contributed by atoms with Gasteiger partial charge in [0.15, 0.2) is 11.5 Å². The van der Waals surface area contributed by atoms with Crippen LogP contribution in [0.2, 0.25) is 0 Å². The van der Waals surface area contributed by atoms with Gasteiger partial charge in [0.1, 0.15) is 18.5 Å². The Kier molecular flexibility index (Phi) is 11.6. The molecule has 0 unspecified atom stereocenters. The Hall–Kier alpha value is -1.86. The monoisotopic (exact) mass is 512 g/mol. The summed E-state index contributed by atoms with van der Waals surface area (Å²) in [5.74, 6) is 2.74. The molecule has 8 heteroatoms. The Morgan fingerprint density at radius 2 is 1.65 bits per heavy atom. The first-order valence-corrected chi connectivity index (χ1v) is 11.8. The van der Waals surface area contributed by atoms with Gasteiger partial charge in [-0.15, -0.1) is 24.8 Å². The van der Waals surface area contributed by atoms with Crippen LogP contribution in [0.5, 0.6) is 17.2 Å². The standard InChI is InChI=1S/C26H36N2O4.2ClH/c1-30-25-11-8-21(27)16-26(25)31-18-22(29)17-28-14-12-20(13-15-28)19-6-9-24(10-7-19)32-23-4-2-3-5-23;;/h6-11,16,20,22-23,29H,2-5,12-15,17-18,27H2,1H3;2*1H/t22-;;/m0../s1. The van der Waals surface area contributed by atoms with Gasteiger partial charge in [0.05, 0.1) is 13.2 Å². The number of benzene rings is 2. The molecule has 1 saturated carbocycles. The molecule has 1 atom stereocenters. The van der Waals surface area contributed by atoms with Crippen LogP contribution in [0.3, 0.4) is 0 Å². The van der Waals surface area contributed by atoms with E-state index in [2.05, 4.69) is 29.2 Å². The number of piperidine rings is 1. The van der Waals surface area contributed by atoms with E-state index in [0.717, 1.165) is 31.7 Å². The van der Waals surface area contributed by atoms with E-state index in [4.69, 9.17) is 19.9 Å². The van der Waals surface area contributed by atoms with Gasteiger partial charge >= 0.3 is 0 Å². The second-order valence-electron chi connectivity index (χ2n) is 9.04. The topological polar surface area (TPSA) is 77.2 Å². The van der Waals surface area contributed by atoms with Crippen LogP contribution in [0.1, 0.15) is 50.0 Å². The first-order valence-electron chi connectivity index (χ1n) is 11.8. The van der Waals surface area contributed by atoms with Gasteiger partial charge in [-0.3, -0.25) is 0 Å². The minimum atomic E-state index is -0.565. The van der Waals surface area contributed by atoms with Gasteiger partial charge in [-0.2, -0.15) is 0 Å². The Morgan fingerprint density at radius 1 is 0.971 bits per heavy atom. The minimum Gasteiger partial charge on any atom is -0.493 e. The Balaban J connectivity index is 0.00000204. The normalized spacial score (nSPS) is 17.9. The smallest absolute Gasteiger partial charge is 0.163 e. The fourth-order valence-electron chi connectivity index (χ4n) is 4.81. The molecule has 0 bridgehead atoms. The summed E-state index contributed by atoms with van der Waals surface area (Å²) in [6.45, 7) is 2.76. The van der Waals surface area contributed by atoms with Crippen molar-refractivity contribution in [3.63, 3.8) is 0 Å². The molecule has 4 rings (SSSR count). The number of hydrogen-bond donors (Lipinski definition) is 2. The van der Waals surface area contributed by atoms with Gasteiger partial charge in [-0.25, -0.2) is 0 Å². The predicted octanol–water partition coefficient (Wildman–Crippen LogP) is 5.06. The lowest BCUT2D eigenvalue weighted by atomic mass is 9.89. The van der Waals surface area contributed by atoms with Gasteiger partial charge in [-0.05, 0) is 87.4 Å². The molecule has 34 heavy (non-hydrogen) atoms. The van der Waals surface area contributed by atoms with Crippen LogP contribution in [-0.2, 0) is 0 Å². The lowest BCUT2D eigenvalue weighted by Crippen LogP contribution is -2.40. The molecule has 190 valence electrons. The highest BCUT2D eigenvalue weighted by Gasteiger charge is 2.23. The van der Waals surface area contributed by atoms with Crippen LogP contribution in [0.15, 0.2) is 42.5 Å². The SMILES string of the molecule is COc1ccc(N)cc1OC[C@@H](O)CN1CCC(c2ccc(OC3CCCC3)cc2)CC1.Cl.Cl. The van der Waals surface area contributed by atoms with Gasteiger partial charge in [-0.1, -0.05) is 12.1 Å². The highest BCUT2D eigenvalue weighted by molar-refractivity contribution is 5.85. The highest BCUT2D eigenvalue weighted by atomic mass is 35.5. The number of rotatable bonds is 9. The number of aliphatic hydroxyl groups is 1. The molecule has 6 nitrogen and oxygen atoms in total. The van der Waals surface area contributed by atoms with E-state index in [1.54, 1.807) is 25.3 Å². The van der Waals surface area contributed by atoms with E-state index in [1.807, 2.05) is 0 Å². The van der Waals surface area contributed by atoms with Crippen molar-refractivity contribution >= 4 is 30.5 Å². The van der Waals surface area contributed by atoms with Crippen LogP contribution in [0, 0.1) is 0 Å². The predicted molar refractivity (Wildman–Crippen MR) is 141 cm³/mol. The Bertz CT molecular complexity index is 854. The summed E-state index contributed by atoms with van der Waals surface area (Å²) in [6.07, 6.45) is 6.98. The molecule has 0 radical (unpaired) electrons. The van der Waals surface area contributed by atoms with Crippen molar-refractivity contribution in [3.8, 4) is 17.2 Å². The van der Waals surface area contributed by atoms with Gasteiger partial charge in [0.25, 0.3) is 0 Å². The van der Waals surface area contributed by atoms with Crippen molar-refractivity contribution in [3.05, 3.63) is 48.0 Å². The first kappa shape index (κ1) is 28.4. The molecule has 1 aliphatic heterocycles. The van der Waals surface area contributed by atoms with Crippen molar-refractivity contribution in [2.24, 2.45) is 0 Å². The number of ether oxygens (including phenoxy) is 3. The van der Waals surface area contributed by atoms with Crippen LogP contribution in [0.25, 0.3) is 0 Å². The molecular formula is C26H38Cl2N2O4. The number of nitrogens with two attached hydrogens (primary N) is 1. The maximum absolute atomic E-state index is 10.5. The van der Waals surface area contributed by atoms with E-state index in [-0.39, 0.29) is 31.4 Å². The van der Waals surface area contributed by atoms with Crippen LogP contribution < -0.4 is 19.9 Å². The highest BCUT2D eigenvalue weighted by Crippen LogP contribution is 2.31.